The zero-order valence-electron chi connectivity index (χ0n) is 21.9. The summed E-state index contributed by atoms with van der Waals surface area (Å²) in [6, 6.07) is 6.80. The summed E-state index contributed by atoms with van der Waals surface area (Å²) in [5.41, 5.74) is 3.06. The molecule has 212 valence electrons. The molecule has 0 unspecified atom stereocenters. The van der Waals surface area contributed by atoms with Gasteiger partial charge in [0.05, 0.1) is 0 Å². The minimum atomic E-state index is -1.75. The average Bonchev–Trinajstić information content (AvgIpc) is 2.83. The van der Waals surface area contributed by atoms with E-state index in [4.69, 9.17) is 44.3 Å². The van der Waals surface area contributed by atoms with Crippen molar-refractivity contribution in [3.05, 3.63) is 35.9 Å². The lowest BCUT2D eigenvalue weighted by Gasteiger charge is -2.34. The summed E-state index contributed by atoms with van der Waals surface area (Å²) in [6.07, 6.45) is 1.01. The number of hydrazine groups is 1. The standard InChI is InChI=1S/C25H35Cl3N4O6/c1-16(21(34)32-14-8-11-19(31-32)22(35)37-15-25(26,27)28)29-20(33)18(30-23(36)38-24(2,3)4)13-12-17-9-6-5-7-10-17/h5-7,9-10,16,18-19,31H,8,11-15H2,1-4H3,(H,29,33)(H,30,36)/t16-,18-,19-/m0/s1. The van der Waals surface area contributed by atoms with Crippen molar-refractivity contribution < 1.29 is 28.7 Å². The second kappa shape index (κ2) is 14.2. The second-order valence-corrected chi connectivity index (χ2v) is 12.5. The fourth-order valence-corrected chi connectivity index (χ4v) is 3.82. The molecule has 1 fully saturated rings. The molecule has 0 aromatic heterocycles. The lowest BCUT2D eigenvalue weighted by Crippen LogP contribution is -2.60. The molecular formula is C25H35Cl3N4O6. The SMILES string of the molecule is C[C@H](NC(=O)[C@H](CCc1ccccc1)NC(=O)OC(C)(C)C)C(=O)N1CCC[C@@H](C(=O)OCC(Cl)(Cl)Cl)N1. The van der Waals surface area contributed by atoms with Crippen molar-refractivity contribution in [2.24, 2.45) is 0 Å². The van der Waals surface area contributed by atoms with Crippen molar-refractivity contribution >= 4 is 58.7 Å². The Morgan fingerprint density at radius 1 is 1.11 bits per heavy atom. The molecule has 0 aliphatic carbocycles. The van der Waals surface area contributed by atoms with Gasteiger partial charge in [0.1, 0.15) is 30.3 Å². The maximum absolute atomic E-state index is 13.1. The third-order valence-corrected chi connectivity index (χ3v) is 5.74. The van der Waals surface area contributed by atoms with E-state index in [2.05, 4.69) is 16.1 Å². The van der Waals surface area contributed by atoms with Crippen molar-refractivity contribution in [2.45, 2.75) is 80.9 Å². The van der Waals surface area contributed by atoms with Crippen LogP contribution in [0, 0.1) is 0 Å². The number of alkyl carbamates (subject to hydrolysis) is 1. The summed E-state index contributed by atoms with van der Waals surface area (Å²) in [5, 5.41) is 6.53. The highest BCUT2D eigenvalue weighted by molar-refractivity contribution is 6.67. The monoisotopic (exact) mass is 592 g/mol. The molecule has 10 nitrogen and oxygen atoms in total. The van der Waals surface area contributed by atoms with Gasteiger partial charge in [0.2, 0.25) is 9.70 Å². The van der Waals surface area contributed by atoms with Gasteiger partial charge in [-0.05, 0) is 58.9 Å². The Morgan fingerprint density at radius 3 is 2.37 bits per heavy atom. The van der Waals surface area contributed by atoms with Gasteiger partial charge in [0.15, 0.2) is 0 Å². The molecule has 2 rings (SSSR count). The molecule has 0 bridgehead atoms. The van der Waals surface area contributed by atoms with E-state index in [-0.39, 0.29) is 6.42 Å². The minimum absolute atomic E-state index is 0.287. The summed E-state index contributed by atoms with van der Waals surface area (Å²) in [5.74, 6) is -1.66. The van der Waals surface area contributed by atoms with Gasteiger partial charge in [-0.2, -0.15) is 0 Å². The Morgan fingerprint density at radius 2 is 1.76 bits per heavy atom. The van der Waals surface area contributed by atoms with E-state index < -0.39 is 58.0 Å². The summed E-state index contributed by atoms with van der Waals surface area (Å²) >= 11 is 16.9. The molecule has 0 spiro atoms. The Balaban J connectivity index is 2.00. The molecule has 1 aromatic rings. The van der Waals surface area contributed by atoms with Crippen LogP contribution in [-0.4, -0.2) is 69.6 Å². The molecule has 38 heavy (non-hydrogen) atoms. The highest BCUT2D eigenvalue weighted by Gasteiger charge is 2.34. The number of hydrogen-bond donors (Lipinski definition) is 3. The summed E-state index contributed by atoms with van der Waals surface area (Å²) < 4.78 is 8.57. The quantitative estimate of drug-likeness (QED) is 0.296. The molecule has 3 N–H and O–H groups in total. The number of ether oxygens (including phenoxy) is 2. The second-order valence-electron chi connectivity index (χ2n) is 9.99. The number of carbonyl (C=O) groups excluding carboxylic acids is 4. The Hall–Kier alpha value is -2.27. The van der Waals surface area contributed by atoms with E-state index in [1.165, 1.54) is 11.9 Å². The topological polar surface area (TPSA) is 126 Å². The van der Waals surface area contributed by atoms with Crippen LogP contribution in [0.1, 0.15) is 52.5 Å². The third-order valence-electron chi connectivity index (χ3n) is 5.42. The van der Waals surface area contributed by atoms with E-state index in [0.29, 0.717) is 25.8 Å². The van der Waals surface area contributed by atoms with Crippen molar-refractivity contribution in [3.8, 4) is 0 Å². The average molecular weight is 594 g/mol. The lowest BCUT2D eigenvalue weighted by molar-refractivity contribution is -0.152. The van der Waals surface area contributed by atoms with Gasteiger partial charge in [-0.15, -0.1) is 0 Å². The van der Waals surface area contributed by atoms with Crippen LogP contribution in [0.2, 0.25) is 0 Å². The van der Waals surface area contributed by atoms with E-state index in [0.717, 1.165) is 5.56 Å². The van der Waals surface area contributed by atoms with Crippen LogP contribution < -0.4 is 16.1 Å². The first-order valence-corrected chi connectivity index (χ1v) is 13.4. The molecule has 0 saturated carbocycles. The van der Waals surface area contributed by atoms with Gasteiger partial charge in [0.25, 0.3) is 5.91 Å². The molecule has 3 amide bonds. The number of nitrogens with zero attached hydrogens (tertiary/aromatic N) is 1. The predicted molar refractivity (Wildman–Crippen MR) is 145 cm³/mol. The first-order chi connectivity index (χ1) is 17.6. The van der Waals surface area contributed by atoms with Crippen LogP contribution in [0.5, 0.6) is 0 Å². The van der Waals surface area contributed by atoms with Crippen molar-refractivity contribution in [2.75, 3.05) is 13.2 Å². The van der Waals surface area contributed by atoms with Crippen LogP contribution in [-0.2, 0) is 30.3 Å². The van der Waals surface area contributed by atoms with E-state index in [9.17, 15) is 19.2 Å². The Kier molecular flexibility index (Phi) is 11.9. The molecule has 1 aromatic carbocycles. The summed E-state index contributed by atoms with van der Waals surface area (Å²) in [6.45, 7) is 6.58. The molecule has 1 aliphatic rings. The van der Waals surface area contributed by atoms with E-state index >= 15 is 0 Å². The zero-order chi connectivity index (χ0) is 28.5. The van der Waals surface area contributed by atoms with E-state index in [1.807, 2.05) is 30.3 Å². The number of hydrogen-bond acceptors (Lipinski definition) is 7. The molecule has 1 heterocycles. The van der Waals surface area contributed by atoms with Gasteiger partial charge in [0, 0.05) is 6.54 Å². The van der Waals surface area contributed by atoms with Gasteiger partial charge in [-0.25, -0.2) is 10.2 Å². The molecule has 1 aliphatic heterocycles. The van der Waals surface area contributed by atoms with Crippen LogP contribution in [0.3, 0.4) is 0 Å². The number of halogens is 3. The Bertz CT molecular complexity index is 968. The predicted octanol–water partition coefficient (Wildman–Crippen LogP) is 3.43. The number of alkyl halides is 3. The first-order valence-electron chi connectivity index (χ1n) is 12.3. The van der Waals surface area contributed by atoms with Gasteiger partial charge < -0.3 is 20.1 Å². The van der Waals surface area contributed by atoms with Crippen LogP contribution in [0.4, 0.5) is 4.79 Å². The first kappa shape index (κ1) is 31.9. The Labute approximate surface area is 238 Å². The zero-order valence-corrected chi connectivity index (χ0v) is 24.2. The molecule has 13 heteroatoms. The van der Waals surface area contributed by atoms with Gasteiger partial charge in [-0.1, -0.05) is 65.1 Å². The summed E-state index contributed by atoms with van der Waals surface area (Å²) in [7, 11) is 0. The summed E-state index contributed by atoms with van der Waals surface area (Å²) in [4.78, 5) is 50.9. The molecule has 3 atom stereocenters. The number of nitrogens with one attached hydrogen (secondary N) is 3. The molecule has 0 radical (unpaired) electrons. The van der Waals surface area contributed by atoms with Gasteiger partial charge >= 0.3 is 12.1 Å². The largest absolute Gasteiger partial charge is 0.460 e. The minimum Gasteiger partial charge on any atom is -0.460 e. The number of amides is 3. The highest BCUT2D eigenvalue weighted by Crippen LogP contribution is 2.26. The number of rotatable bonds is 9. The van der Waals surface area contributed by atoms with Gasteiger partial charge in [-0.3, -0.25) is 19.4 Å². The normalized spacial score (nSPS) is 17.7. The fraction of sp³-hybridized carbons (Fsp3) is 0.600. The lowest BCUT2D eigenvalue weighted by atomic mass is 10.0. The molecular weight excluding hydrogens is 559 g/mol. The number of benzene rings is 1. The fourth-order valence-electron chi connectivity index (χ4n) is 3.65. The van der Waals surface area contributed by atoms with Crippen LogP contribution >= 0.6 is 34.8 Å². The van der Waals surface area contributed by atoms with Crippen molar-refractivity contribution in [3.63, 3.8) is 0 Å². The maximum Gasteiger partial charge on any atom is 0.408 e. The van der Waals surface area contributed by atoms with Crippen LogP contribution in [0.25, 0.3) is 0 Å². The van der Waals surface area contributed by atoms with Crippen molar-refractivity contribution in [1.29, 1.82) is 0 Å². The number of esters is 1. The third kappa shape index (κ3) is 11.6. The number of carbonyl (C=O) groups is 4. The van der Waals surface area contributed by atoms with Crippen LogP contribution in [0.15, 0.2) is 30.3 Å². The van der Waals surface area contributed by atoms with Crippen molar-refractivity contribution in [1.82, 2.24) is 21.1 Å². The highest BCUT2D eigenvalue weighted by atomic mass is 35.6. The smallest absolute Gasteiger partial charge is 0.408 e. The number of aryl methyl sites for hydroxylation is 1. The maximum atomic E-state index is 13.1. The molecule has 1 saturated heterocycles. The van der Waals surface area contributed by atoms with E-state index in [1.54, 1.807) is 20.8 Å².